The van der Waals surface area contributed by atoms with Crippen LogP contribution < -0.4 is 10.6 Å². The van der Waals surface area contributed by atoms with Crippen molar-refractivity contribution in [3.05, 3.63) is 28.8 Å². The molecule has 19 heavy (non-hydrogen) atoms. The maximum atomic E-state index is 6.35. The molecule has 2 N–H and O–H groups in total. The summed E-state index contributed by atoms with van der Waals surface area (Å²) in [5, 5.41) is 0.799. The average Bonchev–Trinajstić information content (AvgIpc) is 2.76. The lowest BCUT2D eigenvalue weighted by Gasteiger charge is -2.29. The van der Waals surface area contributed by atoms with Crippen LogP contribution in [-0.2, 0) is 11.2 Å². The highest BCUT2D eigenvalue weighted by Gasteiger charge is 2.28. The van der Waals surface area contributed by atoms with Gasteiger partial charge in [0.1, 0.15) is 0 Å². The topological polar surface area (TPSA) is 38.5 Å². The van der Waals surface area contributed by atoms with E-state index in [0.29, 0.717) is 6.04 Å². The number of rotatable bonds is 4. The smallest absolute Gasteiger partial charge is 0.0750 e. The van der Waals surface area contributed by atoms with Crippen LogP contribution in [0.25, 0.3) is 0 Å². The van der Waals surface area contributed by atoms with Crippen LogP contribution in [0.5, 0.6) is 0 Å². The first-order chi connectivity index (χ1) is 8.99. The van der Waals surface area contributed by atoms with Gasteiger partial charge in [-0.15, -0.1) is 0 Å². The fourth-order valence-electron chi connectivity index (χ4n) is 2.69. The van der Waals surface area contributed by atoms with Crippen LogP contribution in [0, 0.1) is 0 Å². The highest BCUT2D eigenvalue weighted by atomic mass is 35.5. The van der Waals surface area contributed by atoms with Gasteiger partial charge in [-0.05, 0) is 44.4 Å². The highest BCUT2D eigenvalue weighted by molar-refractivity contribution is 6.31. The maximum Gasteiger partial charge on any atom is 0.0750 e. The molecule has 4 heteroatoms. The molecule has 1 aliphatic rings. The van der Waals surface area contributed by atoms with E-state index in [-0.39, 0.29) is 12.1 Å². The van der Waals surface area contributed by atoms with Crippen molar-refractivity contribution in [2.45, 2.75) is 44.9 Å². The van der Waals surface area contributed by atoms with Crippen LogP contribution in [0.15, 0.2) is 18.2 Å². The number of nitrogens with zero attached hydrogens (tertiary/aromatic N) is 1. The van der Waals surface area contributed by atoms with Gasteiger partial charge < -0.3 is 15.4 Å². The SMILES string of the molecule is CC(N)Cc1ccc(N(C)C2CCOC2C)cc1Cl. The van der Waals surface area contributed by atoms with E-state index in [1.165, 1.54) is 0 Å². The normalized spacial score (nSPS) is 24.5. The Morgan fingerprint density at radius 2 is 2.26 bits per heavy atom. The van der Waals surface area contributed by atoms with E-state index in [1.807, 2.05) is 13.0 Å². The van der Waals surface area contributed by atoms with Crippen molar-refractivity contribution in [2.24, 2.45) is 5.73 Å². The van der Waals surface area contributed by atoms with Gasteiger partial charge in [-0.2, -0.15) is 0 Å². The third-order valence-electron chi connectivity index (χ3n) is 3.82. The molecule has 0 amide bonds. The van der Waals surface area contributed by atoms with Crippen LogP contribution >= 0.6 is 11.6 Å². The Morgan fingerprint density at radius 1 is 1.53 bits per heavy atom. The molecule has 0 aromatic heterocycles. The molecule has 1 fully saturated rings. The van der Waals surface area contributed by atoms with E-state index >= 15 is 0 Å². The van der Waals surface area contributed by atoms with Crippen LogP contribution in [-0.4, -0.2) is 31.8 Å². The molecule has 0 radical (unpaired) electrons. The number of benzene rings is 1. The minimum atomic E-state index is 0.129. The molecule has 3 unspecified atom stereocenters. The number of likely N-dealkylation sites (N-methyl/N-ethyl adjacent to an activating group) is 1. The van der Waals surface area contributed by atoms with Gasteiger partial charge in [0.25, 0.3) is 0 Å². The minimum absolute atomic E-state index is 0.129. The van der Waals surface area contributed by atoms with Crippen molar-refractivity contribution in [1.82, 2.24) is 0 Å². The number of anilines is 1. The molecule has 1 heterocycles. The van der Waals surface area contributed by atoms with Crippen LogP contribution in [0.2, 0.25) is 5.02 Å². The van der Waals surface area contributed by atoms with Crippen molar-refractivity contribution in [3.63, 3.8) is 0 Å². The Morgan fingerprint density at radius 3 is 2.79 bits per heavy atom. The van der Waals surface area contributed by atoms with Crippen molar-refractivity contribution in [3.8, 4) is 0 Å². The summed E-state index contributed by atoms with van der Waals surface area (Å²) in [6.07, 6.45) is 2.15. The van der Waals surface area contributed by atoms with Crippen LogP contribution in [0.4, 0.5) is 5.69 Å². The standard InChI is InChI=1S/C15H23ClN2O/c1-10(17)8-12-4-5-13(9-14(12)16)18(3)15-6-7-19-11(15)2/h4-5,9-11,15H,6-8,17H2,1-3H3. The zero-order chi connectivity index (χ0) is 14.0. The van der Waals surface area contributed by atoms with Gasteiger partial charge in [0, 0.05) is 30.4 Å². The van der Waals surface area contributed by atoms with Gasteiger partial charge in [0.2, 0.25) is 0 Å². The first kappa shape index (κ1) is 14.6. The van der Waals surface area contributed by atoms with Crippen molar-refractivity contribution in [1.29, 1.82) is 0 Å². The van der Waals surface area contributed by atoms with Crippen molar-refractivity contribution < 1.29 is 4.74 Å². The fraction of sp³-hybridized carbons (Fsp3) is 0.600. The first-order valence-electron chi connectivity index (χ1n) is 6.87. The van der Waals surface area contributed by atoms with E-state index < -0.39 is 0 Å². The molecular formula is C15H23ClN2O. The number of ether oxygens (including phenoxy) is 1. The molecule has 3 nitrogen and oxygen atoms in total. The number of halogens is 1. The Hall–Kier alpha value is -0.770. The van der Waals surface area contributed by atoms with Gasteiger partial charge in [-0.25, -0.2) is 0 Å². The van der Waals surface area contributed by atoms with Crippen LogP contribution in [0.1, 0.15) is 25.8 Å². The Labute approximate surface area is 120 Å². The molecule has 3 atom stereocenters. The summed E-state index contributed by atoms with van der Waals surface area (Å²) in [4.78, 5) is 2.26. The summed E-state index contributed by atoms with van der Waals surface area (Å²) in [7, 11) is 2.10. The molecule has 2 rings (SSSR count). The molecular weight excluding hydrogens is 260 g/mol. The van der Waals surface area contributed by atoms with Gasteiger partial charge >= 0.3 is 0 Å². The second-order valence-corrected chi connectivity index (χ2v) is 5.91. The summed E-state index contributed by atoms with van der Waals surface area (Å²) in [5.41, 5.74) is 8.08. The predicted octanol–water partition coefficient (Wildman–Crippen LogP) is 2.84. The zero-order valence-corrected chi connectivity index (χ0v) is 12.7. The quantitative estimate of drug-likeness (QED) is 0.923. The van der Waals surface area contributed by atoms with E-state index in [1.54, 1.807) is 0 Å². The molecule has 0 bridgehead atoms. The first-order valence-corrected chi connectivity index (χ1v) is 7.25. The van der Waals surface area contributed by atoms with E-state index in [4.69, 9.17) is 22.1 Å². The maximum absolute atomic E-state index is 6.35. The number of hydrogen-bond donors (Lipinski definition) is 1. The summed E-state index contributed by atoms with van der Waals surface area (Å²) in [6.45, 7) is 4.96. The van der Waals surface area contributed by atoms with Gasteiger partial charge in [0.05, 0.1) is 12.1 Å². The molecule has 0 aliphatic carbocycles. The lowest BCUT2D eigenvalue weighted by Crippen LogP contribution is -2.36. The fourth-order valence-corrected chi connectivity index (χ4v) is 2.94. The molecule has 1 saturated heterocycles. The highest BCUT2D eigenvalue weighted by Crippen LogP contribution is 2.28. The predicted molar refractivity (Wildman–Crippen MR) is 81.0 cm³/mol. The third-order valence-corrected chi connectivity index (χ3v) is 4.17. The third kappa shape index (κ3) is 3.41. The molecule has 106 valence electrons. The number of hydrogen-bond acceptors (Lipinski definition) is 3. The van der Waals surface area contributed by atoms with Gasteiger partial charge in [-0.3, -0.25) is 0 Å². The largest absolute Gasteiger partial charge is 0.376 e. The minimum Gasteiger partial charge on any atom is -0.376 e. The van der Waals surface area contributed by atoms with Gasteiger partial charge in [-0.1, -0.05) is 17.7 Å². The van der Waals surface area contributed by atoms with E-state index in [2.05, 4.69) is 31.0 Å². The lowest BCUT2D eigenvalue weighted by atomic mass is 10.1. The van der Waals surface area contributed by atoms with E-state index in [0.717, 1.165) is 35.7 Å². The zero-order valence-electron chi connectivity index (χ0n) is 11.9. The van der Waals surface area contributed by atoms with Crippen molar-refractivity contribution >= 4 is 17.3 Å². The van der Waals surface area contributed by atoms with E-state index in [9.17, 15) is 0 Å². The molecule has 1 aliphatic heterocycles. The van der Waals surface area contributed by atoms with Gasteiger partial charge in [0.15, 0.2) is 0 Å². The van der Waals surface area contributed by atoms with Crippen LogP contribution in [0.3, 0.4) is 0 Å². The second-order valence-electron chi connectivity index (χ2n) is 5.50. The monoisotopic (exact) mass is 282 g/mol. The summed E-state index contributed by atoms with van der Waals surface area (Å²) in [6, 6.07) is 6.79. The molecule has 1 aromatic carbocycles. The van der Waals surface area contributed by atoms with Crippen molar-refractivity contribution in [2.75, 3.05) is 18.6 Å². The second kappa shape index (κ2) is 6.12. The molecule has 0 spiro atoms. The Balaban J connectivity index is 2.14. The summed E-state index contributed by atoms with van der Waals surface area (Å²) < 4.78 is 5.62. The number of nitrogens with two attached hydrogens (primary N) is 1. The summed E-state index contributed by atoms with van der Waals surface area (Å²) in [5.74, 6) is 0. The molecule has 0 saturated carbocycles. The average molecular weight is 283 g/mol. The summed E-state index contributed by atoms with van der Waals surface area (Å²) >= 11 is 6.35. The molecule has 1 aromatic rings. The lowest BCUT2D eigenvalue weighted by molar-refractivity contribution is 0.118. The Bertz CT molecular complexity index is 436. The Kier molecular flexibility index (Phi) is 4.71.